The molecular formula is C15H30O2. The van der Waals surface area contributed by atoms with Gasteiger partial charge in [-0.15, -0.1) is 0 Å². The van der Waals surface area contributed by atoms with Gasteiger partial charge in [0.05, 0.1) is 11.5 Å². The maximum Gasteiger partial charge on any atom is 0.312 e. The summed E-state index contributed by atoms with van der Waals surface area (Å²) >= 11 is 0. The molecule has 2 heteroatoms. The number of esters is 1. The predicted octanol–water partition coefficient (Wildman–Crippen LogP) is 4.71. The first kappa shape index (κ1) is 16.5. The molecule has 0 bridgehead atoms. The molecule has 2 unspecified atom stereocenters. The lowest BCUT2D eigenvalue weighted by Crippen LogP contribution is -2.32. The molecule has 0 aliphatic rings. The molecule has 0 rings (SSSR count). The minimum Gasteiger partial charge on any atom is -0.462 e. The van der Waals surface area contributed by atoms with Gasteiger partial charge in [-0.05, 0) is 33.1 Å². The molecule has 0 spiro atoms. The summed E-state index contributed by atoms with van der Waals surface area (Å²) in [6.45, 7) is 10.5. The Labute approximate surface area is 107 Å². The molecule has 17 heavy (non-hydrogen) atoms. The summed E-state index contributed by atoms with van der Waals surface area (Å²) in [6, 6.07) is 0. The van der Waals surface area contributed by atoms with Crippen molar-refractivity contribution in [1.29, 1.82) is 0 Å². The van der Waals surface area contributed by atoms with E-state index in [1.54, 1.807) is 0 Å². The predicted molar refractivity (Wildman–Crippen MR) is 73.0 cm³/mol. The molecule has 0 aliphatic carbocycles. The van der Waals surface area contributed by atoms with E-state index >= 15 is 0 Å². The lowest BCUT2D eigenvalue weighted by molar-refractivity contribution is -0.161. The normalized spacial score (nSPS) is 16.3. The third-order valence-corrected chi connectivity index (χ3v) is 3.38. The van der Waals surface area contributed by atoms with Gasteiger partial charge in [0.15, 0.2) is 0 Å². The average Bonchev–Trinajstić information content (AvgIpc) is 2.27. The lowest BCUT2D eigenvalue weighted by atomic mass is 9.81. The summed E-state index contributed by atoms with van der Waals surface area (Å²) in [5.74, 6) is 0.00810. The van der Waals surface area contributed by atoms with Crippen LogP contribution in [0.2, 0.25) is 0 Å². The molecule has 0 saturated heterocycles. The van der Waals surface area contributed by atoms with Crippen LogP contribution in [-0.4, -0.2) is 12.1 Å². The van der Waals surface area contributed by atoms with Crippen LogP contribution in [0.25, 0.3) is 0 Å². The van der Waals surface area contributed by atoms with Gasteiger partial charge in [-0.1, -0.05) is 46.5 Å². The molecule has 102 valence electrons. The second kappa shape index (κ2) is 8.54. The smallest absolute Gasteiger partial charge is 0.312 e. The van der Waals surface area contributed by atoms with Crippen LogP contribution in [0.5, 0.6) is 0 Å². The molecule has 0 aromatic heterocycles. The summed E-state index contributed by atoms with van der Waals surface area (Å²) in [6.07, 6.45) is 7.25. The molecule has 0 aromatic rings. The van der Waals surface area contributed by atoms with Crippen molar-refractivity contribution in [2.75, 3.05) is 0 Å². The molecule has 0 radical (unpaired) electrons. The number of hydrogen-bond acceptors (Lipinski definition) is 2. The molecule has 2 atom stereocenters. The third-order valence-electron chi connectivity index (χ3n) is 3.38. The number of ether oxygens (including phenoxy) is 1. The van der Waals surface area contributed by atoms with Gasteiger partial charge in [0.1, 0.15) is 0 Å². The maximum atomic E-state index is 12.2. The van der Waals surface area contributed by atoms with E-state index < -0.39 is 0 Å². The van der Waals surface area contributed by atoms with Crippen LogP contribution in [0.4, 0.5) is 0 Å². The van der Waals surface area contributed by atoms with E-state index in [1.165, 1.54) is 0 Å². The van der Waals surface area contributed by atoms with E-state index in [9.17, 15) is 4.79 Å². The van der Waals surface area contributed by atoms with Gasteiger partial charge < -0.3 is 4.74 Å². The van der Waals surface area contributed by atoms with Crippen molar-refractivity contribution in [2.45, 2.75) is 85.7 Å². The van der Waals surface area contributed by atoms with Crippen molar-refractivity contribution >= 4 is 5.97 Å². The van der Waals surface area contributed by atoms with Crippen molar-refractivity contribution in [3.8, 4) is 0 Å². The molecule has 0 aromatic carbocycles. The Morgan fingerprint density at radius 2 is 1.76 bits per heavy atom. The zero-order valence-electron chi connectivity index (χ0n) is 12.3. The topological polar surface area (TPSA) is 26.3 Å². The van der Waals surface area contributed by atoms with E-state index in [0.29, 0.717) is 0 Å². The zero-order valence-corrected chi connectivity index (χ0v) is 12.3. The Bertz CT molecular complexity index is 213. The minimum atomic E-state index is -0.271. The SMILES string of the molecule is CCCCC(C)(CCC)C(=O)OC(C)CCC. The van der Waals surface area contributed by atoms with Crippen molar-refractivity contribution in [3.63, 3.8) is 0 Å². The van der Waals surface area contributed by atoms with Crippen molar-refractivity contribution in [2.24, 2.45) is 5.41 Å². The summed E-state index contributed by atoms with van der Waals surface area (Å²) in [7, 11) is 0. The molecule has 2 nitrogen and oxygen atoms in total. The summed E-state index contributed by atoms with van der Waals surface area (Å²) < 4.78 is 5.57. The van der Waals surface area contributed by atoms with E-state index in [2.05, 4.69) is 27.7 Å². The Morgan fingerprint density at radius 3 is 2.24 bits per heavy atom. The first-order valence-corrected chi connectivity index (χ1v) is 7.21. The highest BCUT2D eigenvalue weighted by Gasteiger charge is 2.33. The second-order valence-electron chi connectivity index (χ2n) is 5.42. The molecule has 0 N–H and O–H groups in total. The number of unbranched alkanes of at least 4 members (excludes halogenated alkanes) is 1. The molecule has 0 heterocycles. The summed E-state index contributed by atoms with van der Waals surface area (Å²) in [4.78, 5) is 12.2. The molecule has 0 amide bonds. The van der Waals surface area contributed by atoms with Crippen molar-refractivity contribution < 1.29 is 9.53 Å². The number of carbonyl (C=O) groups excluding carboxylic acids is 1. The highest BCUT2D eigenvalue weighted by atomic mass is 16.5. The van der Waals surface area contributed by atoms with Gasteiger partial charge >= 0.3 is 5.97 Å². The number of carbonyl (C=O) groups is 1. The number of hydrogen-bond donors (Lipinski definition) is 0. The van der Waals surface area contributed by atoms with Crippen LogP contribution in [-0.2, 0) is 9.53 Å². The minimum absolute atomic E-state index is 0.00810. The largest absolute Gasteiger partial charge is 0.462 e. The van der Waals surface area contributed by atoms with E-state index in [-0.39, 0.29) is 17.5 Å². The summed E-state index contributed by atoms with van der Waals surface area (Å²) in [5.41, 5.74) is -0.271. The molecule has 0 aliphatic heterocycles. The van der Waals surface area contributed by atoms with Gasteiger partial charge in [0.25, 0.3) is 0 Å². The fourth-order valence-corrected chi connectivity index (χ4v) is 2.24. The monoisotopic (exact) mass is 242 g/mol. The Hall–Kier alpha value is -0.530. The van der Waals surface area contributed by atoms with Crippen LogP contribution in [0.1, 0.15) is 79.6 Å². The van der Waals surface area contributed by atoms with Gasteiger partial charge in [-0.2, -0.15) is 0 Å². The molecule has 0 saturated carbocycles. The summed E-state index contributed by atoms with van der Waals surface area (Å²) in [5, 5.41) is 0. The first-order valence-electron chi connectivity index (χ1n) is 7.21. The van der Waals surface area contributed by atoms with E-state index in [4.69, 9.17) is 4.74 Å². The van der Waals surface area contributed by atoms with Gasteiger partial charge in [-0.25, -0.2) is 0 Å². The highest BCUT2D eigenvalue weighted by Crippen LogP contribution is 2.32. The van der Waals surface area contributed by atoms with Crippen LogP contribution < -0.4 is 0 Å². The Morgan fingerprint density at radius 1 is 1.12 bits per heavy atom. The van der Waals surface area contributed by atoms with Crippen molar-refractivity contribution in [1.82, 2.24) is 0 Å². The quantitative estimate of drug-likeness (QED) is 0.547. The highest BCUT2D eigenvalue weighted by molar-refractivity contribution is 5.76. The van der Waals surface area contributed by atoms with Crippen LogP contribution in [0.3, 0.4) is 0 Å². The van der Waals surface area contributed by atoms with Gasteiger partial charge in [0, 0.05) is 0 Å². The zero-order chi connectivity index (χ0) is 13.3. The standard InChI is InChI=1S/C15H30O2/c1-6-9-12-15(5,11-8-3)14(16)17-13(4)10-7-2/h13H,6-12H2,1-5H3. The molecular weight excluding hydrogens is 212 g/mol. The fourth-order valence-electron chi connectivity index (χ4n) is 2.24. The first-order chi connectivity index (χ1) is 8.00. The Balaban J connectivity index is 4.41. The molecule has 0 fully saturated rings. The van der Waals surface area contributed by atoms with Crippen molar-refractivity contribution in [3.05, 3.63) is 0 Å². The van der Waals surface area contributed by atoms with Crippen LogP contribution in [0.15, 0.2) is 0 Å². The van der Waals surface area contributed by atoms with E-state index in [0.717, 1.165) is 44.9 Å². The van der Waals surface area contributed by atoms with Crippen LogP contribution >= 0.6 is 0 Å². The Kier molecular flexibility index (Phi) is 8.28. The number of rotatable bonds is 9. The third kappa shape index (κ3) is 6.09. The maximum absolute atomic E-state index is 12.2. The average molecular weight is 242 g/mol. The van der Waals surface area contributed by atoms with Crippen LogP contribution in [0, 0.1) is 5.41 Å². The van der Waals surface area contributed by atoms with Gasteiger partial charge in [0.2, 0.25) is 0 Å². The van der Waals surface area contributed by atoms with Gasteiger partial charge in [-0.3, -0.25) is 4.79 Å². The van der Waals surface area contributed by atoms with E-state index in [1.807, 2.05) is 6.92 Å². The second-order valence-corrected chi connectivity index (χ2v) is 5.42. The lowest BCUT2D eigenvalue weighted by Gasteiger charge is -2.28. The fraction of sp³-hybridized carbons (Fsp3) is 0.933.